The van der Waals surface area contributed by atoms with E-state index in [0.29, 0.717) is 11.4 Å². The van der Waals surface area contributed by atoms with E-state index in [0.717, 1.165) is 22.7 Å². The Kier molecular flexibility index (Phi) is 6.32. The number of nitrogens with zero attached hydrogens (tertiary/aromatic N) is 5. The lowest BCUT2D eigenvalue weighted by Gasteiger charge is -2.33. The van der Waals surface area contributed by atoms with Gasteiger partial charge in [0.2, 0.25) is 0 Å². The minimum absolute atomic E-state index is 0.0756. The van der Waals surface area contributed by atoms with Gasteiger partial charge in [0.25, 0.3) is 15.9 Å². The van der Waals surface area contributed by atoms with E-state index in [1.54, 1.807) is 21.7 Å². The number of thiophene rings is 1. The van der Waals surface area contributed by atoms with Crippen LogP contribution < -0.4 is 0 Å². The summed E-state index contributed by atoms with van der Waals surface area (Å²) in [4.78, 5) is 30.5. The van der Waals surface area contributed by atoms with Crippen LogP contribution >= 0.6 is 11.3 Å². The number of esters is 1. The number of hydrogen-bond donors (Lipinski definition) is 0. The number of carbonyl (C=O) groups excluding carboxylic acids is 2. The molecular formula is C21H23N5O5S2. The molecule has 0 N–H and O–H groups in total. The SMILES string of the molecule is COC(=O)c1csc(S(=O)(=O)N2CCN(C(=O)c3ccc(-n4nc(C)cc4C)nc3)CC2)c1. The summed E-state index contributed by atoms with van der Waals surface area (Å²) in [6.07, 6.45) is 1.51. The Bertz CT molecular complexity index is 1290. The van der Waals surface area contributed by atoms with E-state index in [4.69, 9.17) is 0 Å². The van der Waals surface area contributed by atoms with E-state index >= 15 is 0 Å². The number of aryl methyl sites for hydroxylation is 2. The summed E-state index contributed by atoms with van der Waals surface area (Å²) in [5.74, 6) is -0.167. The zero-order valence-electron chi connectivity index (χ0n) is 18.4. The second-order valence-corrected chi connectivity index (χ2v) is 10.7. The lowest BCUT2D eigenvalue weighted by atomic mass is 10.2. The zero-order valence-corrected chi connectivity index (χ0v) is 20.0. The van der Waals surface area contributed by atoms with E-state index in [9.17, 15) is 18.0 Å². The fourth-order valence-electron chi connectivity index (χ4n) is 3.62. The summed E-state index contributed by atoms with van der Waals surface area (Å²) < 4.78 is 33.6. The van der Waals surface area contributed by atoms with Crippen molar-refractivity contribution in [2.45, 2.75) is 18.1 Å². The summed E-state index contributed by atoms with van der Waals surface area (Å²) in [6.45, 7) is 4.67. The van der Waals surface area contributed by atoms with Crippen LogP contribution in [0.15, 0.2) is 40.1 Å². The number of ether oxygens (including phenoxy) is 1. The molecule has 3 aromatic rings. The summed E-state index contributed by atoms with van der Waals surface area (Å²) in [5, 5.41) is 5.85. The van der Waals surface area contributed by atoms with Gasteiger partial charge in [0.15, 0.2) is 5.82 Å². The lowest BCUT2D eigenvalue weighted by molar-refractivity contribution is 0.0600. The number of rotatable bonds is 5. The molecule has 1 amide bonds. The van der Waals surface area contributed by atoms with Crippen molar-refractivity contribution in [3.05, 3.63) is 58.4 Å². The first kappa shape index (κ1) is 23.1. The van der Waals surface area contributed by atoms with Gasteiger partial charge in [0, 0.05) is 43.4 Å². The number of aromatic nitrogens is 3. The van der Waals surface area contributed by atoms with Crippen LogP contribution in [0.1, 0.15) is 32.1 Å². The van der Waals surface area contributed by atoms with Gasteiger partial charge in [-0.2, -0.15) is 9.40 Å². The number of pyridine rings is 1. The Hall–Kier alpha value is -3.09. The topological polar surface area (TPSA) is 115 Å². The molecule has 1 saturated heterocycles. The first-order valence-corrected chi connectivity index (χ1v) is 12.5. The highest BCUT2D eigenvalue weighted by Gasteiger charge is 2.32. The third kappa shape index (κ3) is 4.54. The Morgan fingerprint density at radius 2 is 1.79 bits per heavy atom. The van der Waals surface area contributed by atoms with Crippen LogP contribution in [-0.4, -0.2) is 77.6 Å². The van der Waals surface area contributed by atoms with E-state index in [1.807, 2.05) is 19.9 Å². The molecule has 0 spiro atoms. The molecule has 0 bridgehead atoms. The van der Waals surface area contributed by atoms with Crippen molar-refractivity contribution in [2.24, 2.45) is 0 Å². The molecule has 0 aromatic carbocycles. The second kappa shape index (κ2) is 9.04. The molecule has 0 atom stereocenters. The molecule has 4 heterocycles. The third-order valence-electron chi connectivity index (χ3n) is 5.34. The Balaban J connectivity index is 1.41. The number of piperazine rings is 1. The van der Waals surface area contributed by atoms with E-state index in [-0.39, 0.29) is 41.9 Å². The summed E-state index contributed by atoms with van der Waals surface area (Å²) in [5.41, 5.74) is 2.45. The molecule has 0 radical (unpaired) electrons. The van der Waals surface area contributed by atoms with Crippen LogP contribution in [0.25, 0.3) is 5.82 Å². The van der Waals surface area contributed by atoms with E-state index in [2.05, 4.69) is 14.8 Å². The van der Waals surface area contributed by atoms with Crippen molar-refractivity contribution in [1.29, 1.82) is 0 Å². The van der Waals surface area contributed by atoms with Gasteiger partial charge in [-0.15, -0.1) is 11.3 Å². The highest BCUT2D eigenvalue weighted by Crippen LogP contribution is 2.25. The van der Waals surface area contributed by atoms with Crippen LogP contribution in [0.5, 0.6) is 0 Å². The second-order valence-electron chi connectivity index (χ2n) is 7.59. The van der Waals surface area contributed by atoms with Crippen molar-refractivity contribution in [3.8, 4) is 5.82 Å². The monoisotopic (exact) mass is 489 g/mol. The molecule has 3 aromatic heterocycles. The van der Waals surface area contributed by atoms with Gasteiger partial charge in [-0.25, -0.2) is 22.9 Å². The Labute approximate surface area is 195 Å². The van der Waals surface area contributed by atoms with Crippen LogP contribution in [0.2, 0.25) is 0 Å². The number of methoxy groups -OCH3 is 1. The van der Waals surface area contributed by atoms with Gasteiger partial charge < -0.3 is 9.64 Å². The number of amides is 1. The maximum absolute atomic E-state index is 12.9. The predicted molar refractivity (Wildman–Crippen MR) is 121 cm³/mol. The van der Waals surface area contributed by atoms with E-state index < -0.39 is 16.0 Å². The maximum Gasteiger partial charge on any atom is 0.338 e. The van der Waals surface area contributed by atoms with Gasteiger partial charge in [-0.1, -0.05) is 0 Å². The minimum Gasteiger partial charge on any atom is -0.465 e. The van der Waals surface area contributed by atoms with Gasteiger partial charge in [-0.3, -0.25) is 4.79 Å². The van der Waals surface area contributed by atoms with Gasteiger partial charge in [0.05, 0.1) is 23.9 Å². The predicted octanol–water partition coefficient (Wildman–Crippen LogP) is 1.88. The molecule has 12 heteroatoms. The van der Waals surface area contributed by atoms with E-state index in [1.165, 1.54) is 29.1 Å². The van der Waals surface area contributed by atoms with Crippen LogP contribution in [-0.2, 0) is 14.8 Å². The molecule has 0 saturated carbocycles. The van der Waals surface area contributed by atoms with Crippen molar-refractivity contribution in [3.63, 3.8) is 0 Å². The highest BCUT2D eigenvalue weighted by molar-refractivity contribution is 7.91. The Morgan fingerprint density at radius 1 is 1.06 bits per heavy atom. The number of carbonyl (C=O) groups is 2. The van der Waals surface area contributed by atoms with Crippen LogP contribution in [0, 0.1) is 13.8 Å². The molecule has 1 fully saturated rings. The van der Waals surface area contributed by atoms with Gasteiger partial charge >= 0.3 is 5.97 Å². The van der Waals surface area contributed by atoms with Crippen molar-refractivity contribution < 1.29 is 22.7 Å². The standard InChI is InChI=1S/C21H23N5O5S2/c1-14-10-15(2)26(23-14)18-5-4-16(12-22-18)20(27)24-6-8-25(9-7-24)33(29,30)19-11-17(13-32-19)21(28)31-3/h4-5,10-13H,6-9H2,1-3H3. The van der Waals surface area contributed by atoms with Gasteiger partial charge in [-0.05, 0) is 38.1 Å². The summed E-state index contributed by atoms with van der Waals surface area (Å²) in [6, 6.07) is 6.70. The zero-order chi connectivity index (χ0) is 23.8. The summed E-state index contributed by atoms with van der Waals surface area (Å²) >= 11 is 0.973. The van der Waals surface area contributed by atoms with Crippen molar-refractivity contribution in [2.75, 3.05) is 33.3 Å². The van der Waals surface area contributed by atoms with Crippen LogP contribution in [0.3, 0.4) is 0 Å². The summed E-state index contributed by atoms with van der Waals surface area (Å²) in [7, 11) is -2.51. The average Bonchev–Trinajstić information content (AvgIpc) is 3.45. The number of hydrogen-bond acceptors (Lipinski definition) is 8. The average molecular weight is 490 g/mol. The molecular weight excluding hydrogens is 466 g/mol. The van der Waals surface area contributed by atoms with Gasteiger partial charge in [0.1, 0.15) is 4.21 Å². The first-order chi connectivity index (χ1) is 15.7. The molecule has 0 unspecified atom stereocenters. The Morgan fingerprint density at radius 3 is 2.36 bits per heavy atom. The largest absolute Gasteiger partial charge is 0.465 e. The normalized spacial score (nSPS) is 14.9. The third-order valence-corrected chi connectivity index (χ3v) is 8.65. The molecule has 0 aliphatic carbocycles. The maximum atomic E-state index is 12.9. The minimum atomic E-state index is -3.75. The molecule has 174 valence electrons. The quantitative estimate of drug-likeness (QED) is 0.503. The molecule has 33 heavy (non-hydrogen) atoms. The lowest BCUT2D eigenvalue weighted by Crippen LogP contribution is -2.50. The molecule has 4 rings (SSSR count). The molecule has 1 aliphatic heterocycles. The first-order valence-electron chi connectivity index (χ1n) is 10.2. The van der Waals surface area contributed by atoms with Crippen molar-refractivity contribution >= 4 is 33.2 Å². The smallest absolute Gasteiger partial charge is 0.338 e. The molecule has 1 aliphatic rings. The molecule has 10 nitrogen and oxygen atoms in total. The number of sulfonamides is 1. The fourth-order valence-corrected chi connectivity index (χ4v) is 6.34. The van der Waals surface area contributed by atoms with Crippen molar-refractivity contribution in [1.82, 2.24) is 24.0 Å². The highest BCUT2D eigenvalue weighted by atomic mass is 32.2. The van der Waals surface area contributed by atoms with Crippen LogP contribution in [0.4, 0.5) is 0 Å². The fraction of sp³-hybridized carbons (Fsp3) is 0.333.